The summed E-state index contributed by atoms with van der Waals surface area (Å²) >= 11 is 7.84. The topological polar surface area (TPSA) is 34.2 Å². The molecule has 0 aromatic carbocycles. The van der Waals surface area contributed by atoms with Crippen LogP contribution in [0.1, 0.15) is 31.3 Å². The summed E-state index contributed by atoms with van der Waals surface area (Å²) in [6.45, 7) is 7.49. The second kappa shape index (κ2) is 6.57. The average Bonchev–Trinajstić information content (AvgIpc) is 2.88. The fourth-order valence-corrected chi connectivity index (χ4v) is 2.35. The molecular formula is C15H19ClN2OS. The van der Waals surface area contributed by atoms with Crippen LogP contribution < -0.4 is 10.1 Å². The van der Waals surface area contributed by atoms with E-state index >= 15 is 0 Å². The van der Waals surface area contributed by atoms with Crippen molar-refractivity contribution in [1.82, 2.24) is 10.3 Å². The van der Waals surface area contributed by atoms with Gasteiger partial charge < -0.3 is 10.1 Å². The maximum atomic E-state index is 6.17. The first-order chi connectivity index (χ1) is 9.44. The first-order valence-electron chi connectivity index (χ1n) is 6.50. The van der Waals surface area contributed by atoms with Crippen molar-refractivity contribution in [2.45, 2.75) is 39.5 Å². The van der Waals surface area contributed by atoms with Crippen molar-refractivity contribution in [1.29, 1.82) is 0 Å². The number of pyridine rings is 1. The van der Waals surface area contributed by atoms with E-state index in [1.54, 1.807) is 17.4 Å². The average molecular weight is 311 g/mol. The standard InChI is InChI=1S/C15H19ClN2OS/c1-15(2,3)17-9-13-12(16)6-7-14(18-13)19-10-11-5-4-8-20-11/h4-8,17H,9-10H2,1-3H3. The molecule has 2 aromatic rings. The van der Waals surface area contributed by atoms with E-state index in [1.807, 2.05) is 23.6 Å². The Bertz CT molecular complexity index is 549. The number of aromatic nitrogens is 1. The minimum absolute atomic E-state index is 0.0266. The lowest BCUT2D eigenvalue weighted by Gasteiger charge is -2.20. The molecule has 20 heavy (non-hydrogen) atoms. The Hall–Kier alpha value is -1.10. The SMILES string of the molecule is CC(C)(C)NCc1nc(OCc2cccs2)ccc1Cl. The number of ether oxygens (including phenoxy) is 1. The largest absolute Gasteiger partial charge is 0.472 e. The Balaban J connectivity index is 2.00. The minimum Gasteiger partial charge on any atom is -0.472 e. The second-order valence-corrected chi connectivity index (χ2v) is 6.99. The molecule has 0 amide bonds. The summed E-state index contributed by atoms with van der Waals surface area (Å²) in [4.78, 5) is 5.64. The van der Waals surface area contributed by atoms with Gasteiger partial charge in [0, 0.05) is 23.0 Å². The summed E-state index contributed by atoms with van der Waals surface area (Å²) in [6.07, 6.45) is 0. The van der Waals surface area contributed by atoms with Crippen molar-refractivity contribution in [3.8, 4) is 5.88 Å². The summed E-state index contributed by atoms with van der Waals surface area (Å²) in [6, 6.07) is 7.69. The van der Waals surface area contributed by atoms with Crippen molar-refractivity contribution in [3.63, 3.8) is 0 Å². The van der Waals surface area contributed by atoms with Crippen LogP contribution in [0, 0.1) is 0 Å². The number of hydrogen-bond acceptors (Lipinski definition) is 4. The molecule has 0 bridgehead atoms. The summed E-state index contributed by atoms with van der Waals surface area (Å²) in [5, 5.41) is 6.07. The quantitative estimate of drug-likeness (QED) is 0.896. The van der Waals surface area contributed by atoms with E-state index in [1.165, 1.54) is 4.88 Å². The van der Waals surface area contributed by atoms with Crippen LogP contribution >= 0.6 is 22.9 Å². The van der Waals surface area contributed by atoms with Crippen LogP contribution in [0.25, 0.3) is 0 Å². The lowest BCUT2D eigenvalue weighted by Crippen LogP contribution is -2.35. The van der Waals surface area contributed by atoms with Crippen molar-refractivity contribution >= 4 is 22.9 Å². The molecule has 0 unspecified atom stereocenters. The normalized spacial score (nSPS) is 11.6. The molecule has 0 saturated heterocycles. The van der Waals surface area contributed by atoms with E-state index in [-0.39, 0.29) is 5.54 Å². The van der Waals surface area contributed by atoms with Crippen LogP contribution in [0.3, 0.4) is 0 Å². The number of nitrogens with one attached hydrogen (secondary N) is 1. The third kappa shape index (κ3) is 4.78. The Morgan fingerprint density at radius 1 is 1.30 bits per heavy atom. The Kier molecular flexibility index (Phi) is 5.02. The fourth-order valence-electron chi connectivity index (χ4n) is 1.56. The highest BCUT2D eigenvalue weighted by Gasteiger charge is 2.11. The third-order valence-electron chi connectivity index (χ3n) is 2.62. The summed E-state index contributed by atoms with van der Waals surface area (Å²) < 4.78 is 5.69. The summed E-state index contributed by atoms with van der Waals surface area (Å²) in [5.41, 5.74) is 0.837. The molecule has 0 radical (unpaired) electrons. The fraction of sp³-hybridized carbons (Fsp3) is 0.400. The number of hydrogen-bond donors (Lipinski definition) is 1. The van der Waals surface area contributed by atoms with Crippen molar-refractivity contribution in [2.75, 3.05) is 0 Å². The van der Waals surface area contributed by atoms with Gasteiger partial charge in [-0.15, -0.1) is 11.3 Å². The molecule has 0 aliphatic rings. The second-order valence-electron chi connectivity index (χ2n) is 5.55. The third-order valence-corrected chi connectivity index (χ3v) is 3.82. The van der Waals surface area contributed by atoms with Crippen molar-refractivity contribution in [3.05, 3.63) is 45.2 Å². The number of halogens is 1. The molecular weight excluding hydrogens is 292 g/mol. The number of nitrogens with zero attached hydrogens (tertiary/aromatic N) is 1. The number of rotatable bonds is 5. The molecule has 1 N–H and O–H groups in total. The van der Waals surface area contributed by atoms with Crippen LogP contribution in [0.2, 0.25) is 5.02 Å². The molecule has 0 aliphatic carbocycles. The monoisotopic (exact) mass is 310 g/mol. The lowest BCUT2D eigenvalue weighted by molar-refractivity contribution is 0.295. The van der Waals surface area contributed by atoms with Crippen LogP contribution in [0.15, 0.2) is 29.6 Å². The minimum atomic E-state index is 0.0266. The van der Waals surface area contributed by atoms with Gasteiger partial charge in [-0.2, -0.15) is 0 Å². The van der Waals surface area contributed by atoms with Gasteiger partial charge >= 0.3 is 0 Å². The predicted octanol–water partition coefficient (Wildman–Crippen LogP) is 4.26. The van der Waals surface area contributed by atoms with E-state index < -0.39 is 0 Å². The van der Waals surface area contributed by atoms with E-state index in [0.29, 0.717) is 24.1 Å². The zero-order chi connectivity index (χ0) is 14.6. The molecule has 0 spiro atoms. The molecule has 0 atom stereocenters. The van der Waals surface area contributed by atoms with E-state index in [0.717, 1.165) is 5.69 Å². The zero-order valence-corrected chi connectivity index (χ0v) is 13.5. The zero-order valence-electron chi connectivity index (χ0n) is 11.9. The van der Waals surface area contributed by atoms with Gasteiger partial charge in [0.1, 0.15) is 6.61 Å². The van der Waals surface area contributed by atoms with Gasteiger partial charge in [0.15, 0.2) is 0 Å². The highest BCUT2D eigenvalue weighted by Crippen LogP contribution is 2.20. The smallest absolute Gasteiger partial charge is 0.213 e. The van der Waals surface area contributed by atoms with Crippen molar-refractivity contribution < 1.29 is 4.74 Å². The lowest BCUT2D eigenvalue weighted by atomic mass is 10.1. The van der Waals surface area contributed by atoms with Crippen LogP contribution in [0.4, 0.5) is 0 Å². The van der Waals surface area contributed by atoms with Gasteiger partial charge in [-0.3, -0.25) is 0 Å². The molecule has 0 fully saturated rings. The highest BCUT2D eigenvalue weighted by atomic mass is 35.5. The molecule has 2 rings (SSSR count). The summed E-state index contributed by atoms with van der Waals surface area (Å²) in [7, 11) is 0. The van der Waals surface area contributed by atoms with Gasteiger partial charge in [-0.1, -0.05) is 17.7 Å². The van der Waals surface area contributed by atoms with Gasteiger partial charge in [0.05, 0.1) is 10.7 Å². The predicted molar refractivity (Wildman–Crippen MR) is 84.5 cm³/mol. The van der Waals surface area contributed by atoms with Crippen molar-refractivity contribution in [2.24, 2.45) is 0 Å². The maximum Gasteiger partial charge on any atom is 0.213 e. The first kappa shape index (κ1) is 15.3. The molecule has 0 saturated carbocycles. The van der Waals surface area contributed by atoms with E-state index in [4.69, 9.17) is 16.3 Å². The van der Waals surface area contributed by atoms with Crippen LogP contribution in [-0.2, 0) is 13.2 Å². The van der Waals surface area contributed by atoms with Crippen LogP contribution in [-0.4, -0.2) is 10.5 Å². The molecule has 0 aliphatic heterocycles. The Labute approximate surface area is 129 Å². The molecule has 2 heterocycles. The number of thiophene rings is 1. The van der Waals surface area contributed by atoms with Crippen LogP contribution in [0.5, 0.6) is 5.88 Å². The van der Waals surface area contributed by atoms with Gasteiger partial charge in [0.25, 0.3) is 0 Å². The van der Waals surface area contributed by atoms with Gasteiger partial charge in [-0.25, -0.2) is 4.98 Å². The highest BCUT2D eigenvalue weighted by molar-refractivity contribution is 7.09. The maximum absolute atomic E-state index is 6.17. The summed E-state index contributed by atoms with van der Waals surface area (Å²) in [5.74, 6) is 0.605. The Morgan fingerprint density at radius 2 is 2.10 bits per heavy atom. The van der Waals surface area contributed by atoms with E-state index in [9.17, 15) is 0 Å². The molecule has 3 nitrogen and oxygen atoms in total. The first-order valence-corrected chi connectivity index (χ1v) is 7.75. The molecule has 108 valence electrons. The van der Waals surface area contributed by atoms with E-state index in [2.05, 4.69) is 31.1 Å². The van der Waals surface area contributed by atoms with Gasteiger partial charge in [-0.05, 0) is 38.3 Å². The van der Waals surface area contributed by atoms with Gasteiger partial charge in [0.2, 0.25) is 5.88 Å². The Morgan fingerprint density at radius 3 is 2.75 bits per heavy atom. The molecule has 5 heteroatoms. The molecule has 2 aromatic heterocycles.